The number of benzene rings is 1. The molecule has 0 unspecified atom stereocenters. The second kappa shape index (κ2) is 2.50. The molecule has 0 N–H and O–H groups in total. The fourth-order valence-corrected chi connectivity index (χ4v) is 0.577. The lowest BCUT2D eigenvalue weighted by atomic mass is 10.3. The van der Waals surface area contributed by atoms with E-state index in [0.29, 0.717) is 6.07 Å². The lowest BCUT2D eigenvalue weighted by Gasteiger charge is -1.93. The molecular formula is C6HClF3. The summed E-state index contributed by atoms with van der Waals surface area (Å²) in [5, 5.41) is -0.735. The van der Waals surface area contributed by atoms with Crippen molar-refractivity contribution in [3.8, 4) is 0 Å². The molecule has 0 heterocycles. The summed E-state index contributed by atoms with van der Waals surface area (Å²) in [5.41, 5.74) is 0. The van der Waals surface area contributed by atoms with Crippen LogP contribution in [0.25, 0.3) is 0 Å². The molecule has 0 amide bonds. The van der Waals surface area contributed by atoms with Gasteiger partial charge in [0.15, 0.2) is 5.82 Å². The number of halogens is 4. The van der Waals surface area contributed by atoms with E-state index in [2.05, 4.69) is 0 Å². The standard InChI is InChI=1S/C6HClF3/c7-6-4(9)1-3(8)2-5(6)10/h1H. The molecule has 10 heavy (non-hydrogen) atoms. The molecule has 4 heteroatoms. The summed E-state index contributed by atoms with van der Waals surface area (Å²) in [6.07, 6.45) is 0. The highest BCUT2D eigenvalue weighted by atomic mass is 35.5. The molecular weight excluding hydrogens is 165 g/mol. The first-order chi connectivity index (χ1) is 4.61. The third-order valence-electron chi connectivity index (χ3n) is 0.885. The molecule has 1 rings (SSSR count). The first-order valence-corrected chi connectivity index (χ1v) is 2.71. The highest BCUT2D eigenvalue weighted by Gasteiger charge is 2.08. The molecule has 0 aliphatic heterocycles. The van der Waals surface area contributed by atoms with Crippen LogP contribution in [0.3, 0.4) is 0 Å². The Balaban J connectivity index is 3.31. The van der Waals surface area contributed by atoms with Gasteiger partial charge in [0.2, 0.25) is 0 Å². The molecule has 0 saturated heterocycles. The van der Waals surface area contributed by atoms with Crippen LogP contribution in [0, 0.1) is 23.5 Å². The van der Waals surface area contributed by atoms with Crippen molar-refractivity contribution >= 4 is 11.6 Å². The summed E-state index contributed by atoms with van der Waals surface area (Å²) in [6, 6.07) is 2.04. The van der Waals surface area contributed by atoms with E-state index in [1.54, 1.807) is 6.07 Å². The van der Waals surface area contributed by atoms with Gasteiger partial charge in [0.25, 0.3) is 0 Å². The van der Waals surface area contributed by atoms with Gasteiger partial charge in [0.05, 0.1) is 6.07 Å². The van der Waals surface area contributed by atoms with Gasteiger partial charge in [-0.15, -0.1) is 0 Å². The topological polar surface area (TPSA) is 0 Å². The number of rotatable bonds is 0. The molecule has 0 bridgehead atoms. The monoisotopic (exact) mass is 165 g/mol. The van der Waals surface area contributed by atoms with E-state index < -0.39 is 22.5 Å². The van der Waals surface area contributed by atoms with Crippen molar-refractivity contribution in [2.24, 2.45) is 0 Å². The lowest BCUT2D eigenvalue weighted by Crippen LogP contribution is -1.86. The van der Waals surface area contributed by atoms with Crippen molar-refractivity contribution in [1.82, 2.24) is 0 Å². The van der Waals surface area contributed by atoms with Crippen LogP contribution in [0.2, 0.25) is 5.02 Å². The van der Waals surface area contributed by atoms with E-state index in [4.69, 9.17) is 11.6 Å². The molecule has 1 aromatic carbocycles. The largest absolute Gasteiger partial charge is 0.206 e. The molecule has 0 saturated carbocycles. The second-order valence-electron chi connectivity index (χ2n) is 1.59. The van der Waals surface area contributed by atoms with Crippen LogP contribution >= 0.6 is 11.6 Å². The normalized spacial score (nSPS) is 10.0. The minimum atomic E-state index is -1.21. The Morgan fingerprint density at radius 2 is 1.90 bits per heavy atom. The van der Waals surface area contributed by atoms with Crippen molar-refractivity contribution in [3.05, 3.63) is 34.6 Å². The van der Waals surface area contributed by atoms with Crippen LogP contribution in [0.1, 0.15) is 0 Å². The van der Waals surface area contributed by atoms with Gasteiger partial charge in [-0.05, 0) is 0 Å². The van der Waals surface area contributed by atoms with Crippen molar-refractivity contribution < 1.29 is 13.2 Å². The Labute approximate surface area is 60.2 Å². The average molecular weight is 166 g/mol. The molecule has 0 spiro atoms. The molecule has 53 valence electrons. The Hall–Kier alpha value is -0.700. The first kappa shape index (κ1) is 7.41. The van der Waals surface area contributed by atoms with Crippen LogP contribution in [-0.2, 0) is 0 Å². The Morgan fingerprint density at radius 3 is 2.40 bits per heavy atom. The van der Waals surface area contributed by atoms with Gasteiger partial charge in [0.1, 0.15) is 16.7 Å². The Kier molecular flexibility index (Phi) is 1.85. The number of hydrogen-bond acceptors (Lipinski definition) is 0. The van der Waals surface area contributed by atoms with Crippen LogP contribution in [0.15, 0.2) is 6.07 Å². The minimum Gasteiger partial charge on any atom is -0.206 e. The van der Waals surface area contributed by atoms with Gasteiger partial charge in [-0.2, -0.15) is 0 Å². The van der Waals surface area contributed by atoms with Crippen LogP contribution in [0.4, 0.5) is 13.2 Å². The maximum Gasteiger partial charge on any atom is 0.155 e. The van der Waals surface area contributed by atoms with Gasteiger partial charge in [0, 0.05) is 6.07 Å². The highest BCUT2D eigenvalue weighted by molar-refractivity contribution is 6.30. The Bertz CT molecular complexity index is 236. The van der Waals surface area contributed by atoms with Gasteiger partial charge < -0.3 is 0 Å². The summed E-state index contributed by atoms with van der Waals surface area (Å²) in [6.45, 7) is 0. The van der Waals surface area contributed by atoms with E-state index >= 15 is 0 Å². The van der Waals surface area contributed by atoms with E-state index in [-0.39, 0.29) is 0 Å². The molecule has 1 aromatic rings. The molecule has 0 aliphatic carbocycles. The molecule has 0 atom stereocenters. The molecule has 0 nitrogen and oxygen atoms in total. The zero-order chi connectivity index (χ0) is 7.72. The van der Waals surface area contributed by atoms with Gasteiger partial charge in [-0.1, -0.05) is 11.6 Å². The predicted molar refractivity (Wildman–Crippen MR) is 30.2 cm³/mol. The van der Waals surface area contributed by atoms with Gasteiger partial charge in [-0.25, -0.2) is 13.2 Å². The van der Waals surface area contributed by atoms with E-state index in [9.17, 15) is 13.2 Å². The van der Waals surface area contributed by atoms with Gasteiger partial charge in [-0.3, -0.25) is 0 Å². The van der Waals surface area contributed by atoms with Crippen LogP contribution in [0.5, 0.6) is 0 Å². The van der Waals surface area contributed by atoms with Crippen molar-refractivity contribution in [2.75, 3.05) is 0 Å². The molecule has 0 aliphatic rings. The first-order valence-electron chi connectivity index (χ1n) is 2.33. The SMILES string of the molecule is Fc1[c]c(F)c(Cl)c(F)c1. The summed E-state index contributed by atoms with van der Waals surface area (Å²) in [7, 11) is 0. The Morgan fingerprint density at radius 1 is 1.30 bits per heavy atom. The van der Waals surface area contributed by atoms with E-state index in [1.807, 2.05) is 0 Å². The fraction of sp³-hybridized carbons (Fsp3) is 0. The van der Waals surface area contributed by atoms with Crippen molar-refractivity contribution in [2.45, 2.75) is 0 Å². The molecule has 1 radical (unpaired) electrons. The predicted octanol–water partition coefficient (Wildman–Crippen LogP) is 2.56. The zero-order valence-corrected chi connectivity index (χ0v) is 5.35. The van der Waals surface area contributed by atoms with Crippen molar-refractivity contribution in [3.63, 3.8) is 0 Å². The smallest absolute Gasteiger partial charge is 0.155 e. The summed E-state index contributed by atoms with van der Waals surface area (Å²) in [4.78, 5) is 0. The van der Waals surface area contributed by atoms with Crippen LogP contribution in [-0.4, -0.2) is 0 Å². The summed E-state index contributed by atoms with van der Waals surface area (Å²) in [5.74, 6) is -3.42. The molecule has 0 aromatic heterocycles. The molecule has 0 fully saturated rings. The maximum atomic E-state index is 12.2. The van der Waals surface area contributed by atoms with Gasteiger partial charge >= 0.3 is 0 Å². The lowest BCUT2D eigenvalue weighted by molar-refractivity contribution is 0.541. The minimum absolute atomic E-state index is 0.464. The quantitative estimate of drug-likeness (QED) is 0.409. The highest BCUT2D eigenvalue weighted by Crippen LogP contribution is 2.18. The summed E-state index contributed by atoms with van der Waals surface area (Å²) < 4.78 is 36.4. The number of hydrogen-bond donors (Lipinski definition) is 0. The summed E-state index contributed by atoms with van der Waals surface area (Å²) >= 11 is 5.00. The zero-order valence-electron chi connectivity index (χ0n) is 4.59. The maximum absolute atomic E-state index is 12.2. The third kappa shape index (κ3) is 1.24. The van der Waals surface area contributed by atoms with Crippen molar-refractivity contribution in [1.29, 1.82) is 0 Å². The van der Waals surface area contributed by atoms with E-state index in [1.165, 1.54) is 0 Å². The van der Waals surface area contributed by atoms with Crippen LogP contribution < -0.4 is 0 Å². The third-order valence-corrected chi connectivity index (χ3v) is 1.23. The van der Waals surface area contributed by atoms with E-state index in [0.717, 1.165) is 0 Å². The fourth-order valence-electron chi connectivity index (χ4n) is 0.475. The average Bonchev–Trinajstić information content (AvgIpc) is 1.82. The second-order valence-corrected chi connectivity index (χ2v) is 1.97.